The van der Waals surface area contributed by atoms with Crippen LogP contribution in [0.25, 0.3) is 0 Å². The fraction of sp³-hybridized carbons (Fsp3) is 0.590. The van der Waals surface area contributed by atoms with Crippen LogP contribution >= 0.6 is 0 Å². The fourth-order valence-electron chi connectivity index (χ4n) is 6.66. The number of allylic oxidation sites excluding steroid dienone is 22. The average molecular weight is 925 g/mol. The van der Waals surface area contributed by atoms with Gasteiger partial charge in [0.05, 0.1) is 0 Å². The second kappa shape index (κ2) is 54.2. The molecule has 0 aliphatic rings. The number of hydrogen-bond donors (Lipinski definition) is 0. The van der Waals surface area contributed by atoms with Crippen molar-refractivity contribution in [2.75, 3.05) is 13.2 Å². The highest BCUT2D eigenvalue weighted by Gasteiger charge is 2.19. The summed E-state index contributed by atoms with van der Waals surface area (Å²) in [6.45, 7) is 6.29. The minimum Gasteiger partial charge on any atom is -0.462 e. The van der Waals surface area contributed by atoms with Crippen molar-refractivity contribution in [2.24, 2.45) is 0 Å². The van der Waals surface area contributed by atoms with E-state index >= 15 is 0 Å². The summed E-state index contributed by atoms with van der Waals surface area (Å²) in [5, 5.41) is 0. The number of unbranched alkanes of at least 4 members (excludes halogenated alkanes) is 13. The predicted molar refractivity (Wildman–Crippen MR) is 288 cm³/mol. The van der Waals surface area contributed by atoms with Crippen LogP contribution in [0.3, 0.4) is 0 Å². The summed E-state index contributed by atoms with van der Waals surface area (Å²) < 4.78 is 16.8. The molecule has 0 bridgehead atoms. The van der Waals surface area contributed by atoms with E-state index in [1.54, 1.807) is 0 Å². The molecule has 0 unspecified atom stereocenters. The molecule has 0 spiro atoms. The molecule has 0 radical (unpaired) electrons. The summed E-state index contributed by atoms with van der Waals surface area (Å²) in [4.78, 5) is 38.1. The van der Waals surface area contributed by atoms with Gasteiger partial charge in [0.15, 0.2) is 6.10 Å². The SMILES string of the molecule is CC/C=C\C/C=C\C/C=C\C/C=C\CCCCCCC(=O)OC[C@H](COC(=O)CCCC/C=C\C/C=C\C/C=C\CCCCC)OC(=O)CCCCCC/C=C\C/C=C\C/C=C\C/C=C\CC. The van der Waals surface area contributed by atoms with Crippen LogP contribution in [-0.4, -0.2) is 37.2 Å². The zero-order valence-corrected chi connectivity index (χ0v) is 42.9. The van der Waals surface area contributed by atoms with Gasteiger partial charge in [-0.3, -0.25) is 14.4 Å². The van der Waals surface area contributed by atoms with E-state index in [9.17, 15) is 14.4 Å². The first-order valence-electron chi connectivity index (χ1n) is 26.7. The van der Waals surface area contributed by atoms with Gasteiger partial charge in [0.1, 0.15) is 13.2 Å². The smallest absolute Gasteiger partial charge is 0.306 e. The van der Waals surface area contributed by atoms with E-state index in [1.807, 2.05) is 0 Å². The van der Waals surface area contributed by atoms with Crippen molar-refractivity contribution >= 4 is 17.9 Å². The standard InChI is InChI=1S/C61H96O6/c1-4-7-10-13-16-19-22-25-28-30-33-36-39-42-45-48-51-54-60(63)66-57-58(56-65-59(62)53-50-47-44-41-38-35-32-27-24-21-18-15-12-9-6-3)67-61(64)55-52-49-46-43-40-37-34-31-29-26-23-20-17-14-11-8-5-2/h7-8,10-11,16-21,25-29,32-34,36-38,41,58H,4-6,9,12-15,22-24,30-31,35,39-40,42-57H2,1-3H3/b10-7-,11-8-,19-16-,20-17-,21-18-,28-25-,29-26-,32-27-,36-33-,37-34-,41-38-/t58-/m0/s1. The lowest BCUT2D eigenvalue weighted by atomic mass is 10.1. The molecule has 1 atom stereocenters. The van der Waals surface area contributed by atoms with Gasteiger partial charge in [-0.1, -0.05) is 193 Å². The van der Waals surface area contributed by atoms with Crippen LogP contribution in [0, 0.1) is 0 Å². The molecule has 0 rings (SSSR count). The monoisotopic (exact) mass is 925 g/mol. The van der Waals surface area contributed by atoms with Crippen LogP contribution < -0.4 is 0 Å². The number of carbonyl (C=O) groups excluding carboxylic acids is 3. The molecule has 0 aromatic carbocycles. The Kier molecular flexibility index (Phi) is 50.6. The molecule has 376 valence electrons. The Balaban J connectivity index is 4.57. The fourth-order valence-corrected chi connectivity index (χ4v) is 6.66. The predicted octanol–water partition coefficient (Wildman–Crippen LogP) is 17.9. The molecule has 0 saturated heterocycles. The van der Waals surface area contributed by atoms with Crippen molar-refractivity contribution in [1.29, 1.82) is 0 Å². The zero-order chi connectivity index (χ0) is 48.6. The summed E-state index contributed by atoms with van der Waals surface area (Å²) in [6, 6.07) is 0. The maximum atomic E-state index is 12.8. The van der Waals surface area contributed by atoms with Gasteiger partial charge in [0, 0.05) is 19.3 Å². The molecular weight excluding hydrogens is 829 g/mol. The number of rotatable bonds is 46. The van der Waals surface area contributed by atoms with E-state index in [0.717, 1.165) is 141 Å². The third-order valence-electron chi connectivity index (χ3n) is 10.6. The first-order chi connectivity index (χ1) is 33.0. The Labute approximate surface area is 411 Å². The Morgan fingerprint density at radius 1 is 0.313 bits per heavy atom. The Morgan fingerprint density at radius 2 is 0.582 bits per heavy atom. The highest BCUT2D eigenvalue weighted by molar-refractivity contribution is 5.71. The molecule has 0 aromatic heterocycles. The molecule has 0 amide bonds. The number of carbonyl (C=O) groups is 3. The van der Waals surface area contributed by atoms with Gasteiger partial charge in [-0.2, -0.15) is 0 Å². The molecule has 0 N–H and O–H groups in total. The molecule has 0 aliphatic carbocycles. The topological polar surface area (TPSA) is 78.9 Å². The van der Waals surface area contributed by atoms with Gasteiger partial charge >= 0.3 is 17.9 Å². The van der Waals surface area contributed by atoms with Crippen LogP contribution in [0.5, 0.6) is 0 Å². The van der Waals surface area contributed by atoms with E-state index in [1.165, 1.54) is 25.7 Å². The van der Waals surface area contributed by atoms with Gasteiger partial charge in [-0.15, -0.1) is 0 Å². The van der Waals surface area contributed by atoms with Crippen molar-refractivity contribution < 1.29 is 28.6 Å². The zero-order valence-electron chi connectivity index (χ0n) is 42.9. The summed E-state index contributed by atoms with van der Waals surface area (Å²) in [5.74, 6) is -1.01. The van der Waals surface area contributed by atoms with Crippen LogP contribution in [0.15, 0.2) is 134 Å². The highest BCUT2D eigenvalue weighted by Crippen LogP contribution is 2.12. The molecule has 0 fully saturated rings. The van der Waals surface area contributed by atoms with E-state index in [4.69, 9.17) is 14.2 Å². The number of esters is 3. The van der Waals surface area contributed by atoms with Crippen molar-refractivity contribution in [2.45, 2.75) is 219 Å². The van der Waals surface area contributed by atoms with Crippen molar-refractivity contribution in [3.8, 4) is 0 Å². The van der Waals surface area contributed by atoms with Gasteiger partial charge in [0.2, 0.25) is 0 Å². The highest BCUT2D eigenvalue weighted by atomic mass is 16.6. The van der Waals surface area contributed by atoms with Crippen LogP contribution in [0.4, 0.5) is 0 Å². The van der Waals surface area contributed by atoms with Crippen LogP contribution in [0.2, 0.25) is 0 Å². The van der Waals surface area contributed by atoms with Crippen LogP contribution in [-0.2, 0) is 28.6 Å². The first-order valence-corrected chi connectivity index (χ1v) is 26.7. The largest absolute Gasteiger partial charge is 0.462 e. The summed E-state index contributed by atoms with van der Waals surface area (Å²) in [6.07, 6.45) is 75.7. The lowest BCUT2D eigenvalue weighted by molar-refractivity contribution is -0.167. The Morgan fingerprint density at radius 3 is 0.925 bits per heavy atom. The van der Waals surface area contributed by atoms with Crippen molar-refractivity contribution in [3.05, 3.63) is 134 Å². The lowest BCUT2D eigenvalue weighted by Crippen LogP contribution is -2.30. The quantitative estimate of drug-likeness (QED) is 0.0262. The molecule has 6 heteroatoms. The normalized spacial score (nSPS) is 13.2. The summed E-state index contributed by atoms with van der Waals surface area (Å²) >= 11 is 0. The van der Waals surface area contributed by atoms with Gasteiger partial charge < -0.3 is 14.2 Å². The maximum absolute atomic E-state index is 12.8. The van der Waals surface area contributed by atoms with Crippen molar-refractivity contribution in [3.63, 3.8) is 0 Å². The Hall–Kier alpha value is -4.45. The first kappa shape index (κ1) is 62.5. The van der Waals surface area contributed by atoms with E-state index in [0.29, 0.717) is 19.3 Å². The molecule has 0 aromatic rings. The molecule has 6 nitrogen and oxygen atoms in total. The van der Waals surface area contributed by atoms with Crippen molar-refractivity contribution in [1.82, 2.24) is 0 Å². The number of ether oxygens (including phenoxy) is 3. The second-order valence-corrected chi connectivity index (χ2v) is 17.0. The third kappa shape index (κ3) is 52.4. The number of hydrogen-bond acceptors (Lipinski definition) is 6. The average Bonchev–Trinajstić information content (AvgIpc) is 3.33. The minimum atomic E-state index is -0.822. The van der Waals surface area contributed by atoms with E-state index < -0.39 is 6.10 Å². The van der Waals surface area contributed by atoms with Gasteiger partial charge in [0.25, 0.3) is 0 Å². The molecule has 0 aliphatic heterocycles. The molecule has 0 saturated carbocycles. The Bertz CT molecular complexity index is 1480. The maximum Gasteiger partial charge on any atom is 0.306 e. The molecule has 67 heavy (non-hydrogen) atoms. The lowest BCUT2D eigenvalue weighted by Gasteiger charge is -2.18. The van der Waals surface area contributed by atoms with Gasteiger partial charge in [-0.25, -0.2) is 0 Å². The van der Waals surface area contributed by atoms with Crippen LogP contribution in [0.1, 0.15) is 213 Å². The molecular formula is C61H96O6. The van der Waals surface area contributed by atoms with Gasteiger partial charge in [-0.05, 0) is 135 Å². The van der Waals surface area contributed by atoms with E-state index in [2.05, 4.69) is 154 Å². The van der Waals surface area contributed by atoms with E-state index in [-0.39, 0.29) is 37.5 Å². The summed E-state index contributed by atoms with van der Waals surface area (Å²) in [5.41, 5.74) is 0. The summed E-state index contributed by atoms with van der Waals surface area (Å²) in [7, 11) is 0. The minimum absolute atomic E-state index is 0.118. The second-order valence-electron chi connectivity index (χ2n) is 17.0. The molecule has 0 heterocycles. The third-order valence-corrected chi connectivity index (χ3v) is 10.6.